The zero-order valence-electron chi connectivity index (χ0n) is 26.7. The van der Waals surface area contributed by atoms with Crippen molar-refractivity contribution in [3.05, 3.63) is 150 Å². The quantitative estimate of drug-likeness (QED) is 0.191. The van der Waals surface area contributed by atoms with Crippen LogP contribution in [0.3, 0.4) is 0 Å². The smallest absolute Gasteiger partial charge is 0.165 e. The highest BCUT2D eigenvalue weighted by molar-refractivity contribution is 7.26. The summed E-state index contributed by atoms with van der Waals surface area (Å²) in [5.74, 6) is 2.35. The van der Waals surface area contributed by atoms with E-state index in [2.05, 4.69) is 116 Å². The molecule has 0 bridgehead atoms. The lowest BCUT2D eigenvalue weighted by Gasteiger charge is -2.23. The monoisotopic (exact) mass is 647 g/mol. The first-order valence-electron chi connectivity index (χ1n) is 16.7. The lowest BCUT2D eigenvalue weighted by molar-refractivity contribution is 0.669. The van der Waals surface area contributed by atoms with Crippen molar-refractivity contribution < 1.29 is 4.42 Å². The molecule has 10 rings (SSSR count). The maximum absolute atomic E-state index is 6.22. The number of thiophene rings is 1. The van der Waals surface area contributed by atoms with Crippen LogP contribution < -0.4 is 0 Å². The molecule has 1 unspecified atom stereocenters. The van der Waals surface area contributed by atoms with E-state index in [0.29, 0.717) is 11.6 Å². The molecule has 0 saturated heterocycles. The van der Waals surface area contributed by atoms with Crippen molar-refractivity contribution in [1.82, 2.24) is 15.0 Å². The lowest BCUT2D eigenvalue weighted by atomic mass is 9.82. The van der Waals surface area contributed by atoms with Gasteiger partial charge in [0.05, 0.1) is 0 Å². The van der Waals surface area contributed by atoms with E-state index in [4.69, 9.17) is 19.4 Å². The summed E-state index contributed by atoms with van der Waals surface area (Å²) in [7, 11) is 0. The largest absolute Gasteiger partial charge is 0.456 e. The van der Waals surface area contributed by atoms with E-state index < -0.39 is 0 Å². The predicted octanol–water partition coefficient (Wildman–Crippen LogP) is 11.9. The third-order valence-electron chi connectivity index (χ3n) is 9.80. The molecule has 1 aliphatic carbocycles. The SMILES string of the molecule is CC1Cc2ccc(-c3cccc4oc5ccccc5c34)cc2C=C1c1nc(-c2ccccc2)nc(-c2cccc3c2sc2ccccc23)n1. The van der Waals surface area contributed by atoms with E-state index in [1.54, 1.807) is 11.3 Å². The average Bonchev–Trinajstić information content (AvgIpc) is 3.73. The summed E-state index contributed by atoms with van der Waals surface area (Å²) in [5, 5.41) is 4.78. The fraction of sp³-hybridized carbons (Fsp3) is 0.0682. The van der Waals surface area contributed by atoms with Gasteiger partial charge < -0.3 is 4.42 Å². The van der Waals surface area contributed by atoms with E-state index in [1.165, 1.54) is 42.4 Å². The van der Waals surface area contributed by atoms with Crippen molar-refractivity contribution in [2.45, 2.75) is 13.3 Å². The molecule has 232 valence electrons. The molecule has 6 aromatic carbocycles. The summed E-state index contributed by atoms with van der Waals surface area (Å²) >= 11 is 1.80. The zero-order valence-corrected chi connectivity index (χ0v) is 27.5. The van der Waals surface area contributed by atoms with Crippen LogP contribution in [0, 0.1) is 5.92 Å². The number of allylic oxidation sites excluding steroid dienone is 1. The van der Waals surface area contributed by atoms with Crippen LogP contribution in [-0.4, -0.2) is 15.0 Å². The number of nitrogens with zero attached hydrogens (tertiary/aromatic N) is 3. The zero-order chi connectivity index (χ0) is 32.5. The fourth-order valence-corrected chi connectivity index (χ4v) is 8.61. The summed E-state index contributed by atoms with van der Waals surface area (Å²) in [6.07, 6.45) is 3.21. The van der Waals surface area contributed by atoms with Gasteiger partial charge in [0.15, 0.2) is 17.5 Å². The number of aromatic nitrogens is 3. The Labute approximate surface area is 287 Å². The first kappa shape index (κ1) is 28.1. The number of hydrogen-bond acceptors (Lipinski definition) is 5. The standard InChI is InChI=1S/C44H29N3OS/c1-26-23-28-21-22-29(31-15-10-19-38-40(31)34-14-5-7-18-37(34)48-38)24-30(28)25-36(26)44-46-42(27-11-3-2-4-12-27)45-43(47-44)35-17-9-16-33-32-13-6-8-20-39(32)49-41(33)35/h2-22,24-26H,23H2,1H3. The summed E-state index contributed by atoms with van der Waals surface area (Å²) < 4.78 is 8.68. The van der Waals surface area contributed by atoms with Gasteiger partial charge in [-0.05, 0) is 71.0 Å². The Morgan fingerprint density at radius 2 is 1.31 bits per heavy atom. The van der Waals surface area contributed by atoms with Crippen molar-refractivity contribution in [3.8, 4) is 33.9 Å². The fourth-order valence-electron chi connectivity index (χ4n) is 7.40. The first-order chi connectivity index (χ1) is 24.2. The van der Waals surface area contributed by atoms with Crippen molar-refractivity contribution in [1.29, 1.82) is 0 Å². The maximum Gasteiger partial charge on any atom is 0.165 e. The van der Waals surface area contributed by atoms with E-state index >= 15 is 0 Å². The van der Waals surface area contributed by atoms with E-state index in [-0.39, 0.29) is 5.92 Å². The van der Waals surface area contributed by atoms with Crippen molar-refractivity contribution >= 4 is 65.1 Å². The highest BCUT2D eigenvalue weighted by Crippen LogP contribution is 2.42. The third-order valence-corrected chi connectivity index (χ3v) is 11.0. The van der Waals surface area contributed by atoms with Crippen LogP contribution in [0.15, 0.2) is 138 Å². The Balaban J connectivity index is 1.15. The van der Waals surface area contributed by atoms with Crippen LogP contribution in [0.5, 0.6) is 0 Å². The van der Waals surface area contributed by atoms with Crippen molar-refractivity contribution in [2.24, 2.45) is 5.92 Å². The van der Waals surface area contributed by atoms with Gasteiger partial charge in [0.25, 0.3) is 0 Å². The molecule has 0 saturated carbocycles. The number of para-hydroxylation sites is 1. The Hall–Kier alpha value is -5.91. The minimum atomic E-state index is 0.235. The van der Waals surface area contributed by atoms with E-state index in [9.17, 15) is 0 Å². The van der Waals surface area contributed by atoms with Gasteiger partial charge in [-0.1, -0.05) is 110 Å². The van der Waals surface area contributed by atoms with Crippen LogP contribution in [0.2, 0.25) is 0 Å². The molecule has 0 fully saturated rings. The number of hydrogen-bond donors (Lipinski definition) is 0. The van der Waals surface area contributed by atoms with Gasteiger partial charge in [0, 0.05) is 47.6 Å². The predicted molar refractivity (Wildman–Crippen MR) is 203 cm³/mol. The van der Waals surface area contributed by atoms with Gasteiger partial charge >= 0.3 is 0 Å². The number of furan rings is 1. The number of fused-ring (bicyclic) bond motifs is 7. The second-order valence-corrected chi connectivity index (χ2v) is 13.9. The first-order valence-corrected chi connectivity index (χ1v) is 17.5. The summed E-state index contributed by atoms with van der Waals surface area (Å²) in [5.41, 5.74) is 9.81. The Kier molecular flexibility index (Phi) is 6.36. The second-order valence-electron chi connectivity index (χ2n) is 12.8. The van der Waals surface area contributed by atoms with Gasteiger partial charge in [-0.2, -0.15) is 0 Å². The molecule has 0 amide bonds. The minimum Gasteiger partial charge on any atom is -0.456 e. The average molecular weight is 648 g/mol. The molecule has 5 heteroatoms. The number of rotatable bonds is 4. The van der Waals surface area contributed by atoms with Gasteiger partial charge in [-0.15, -0.1) is 11.3 Å². The summed E-state index contributed by atoms with van der Waals surface area (Å²) in [6, 6.07) is 46.8. The second kappa shape index (κ2) is 11.1. The van der Waals surface area contributed by atoms with Gasteiger partial charge in [0.2, 0.25) is 0 Å². The molecule has 0 spiro atoms. The van der Waals surface area contributed by atoms with Crippen molar-refractivity contribution in [3.63, 3.8) is 0 Å². The molecule has 3 heterocycles. The molecule has 3 aromatic heterocycles. The van der Waals surface area contributed by atoms with Gasteiger partial charge in [0.1, 0.15) is 11.2 Å². The van der Waals surface area contributed by atoms with Crippen LogP contribution in [0.4, 0.5) is 0 Å². The highest BCUT2D eigenvalue weighted by atomic mass is 32.1. The summed E-state index contributed by atoms with van der Waals surface area (Å²) in [6.45, 7) is 2.28. The molecule has 1 aliphatic rings. The molecule has 0 aliphatic heterocycles. The molecule has 1 atom stereocenters. The normalized spacial score (nSPS) is 14.5. The summed E-state index contributed by atoms with van der Waals surface area (Å²) in [4.78, 5) is 15.5. The molecule has 9 aromatic rings. The van der Waals surface area contributed by atoms with E-state index in [0.717, 1.165) is 50.9 Å². The molecular formula is C44H29N3OS. The van der Waals surface area contributed by atoms with Crippen LogP contribution in [-0.2, 0) is 6.42 Å². The van der Waals surface area contributed by atoms with Crippen LogP contribution >= 0.6 is 11.3 Å². The maximum atomic E-state index is 6.22. The Morgan fingerprint density at radius 1 is 0.592 bits per heavy atom. The molecule has 0 N–H and O–H groups in total. The van der Waals surface area contributed by atoms with Crippen LogP contribution in [0.25, 0.3) is 87.7 Å². The van der Waals surface area contributed by atoms with E-state index in [1.807, 2.05) is 30.3 Å². The number of benzene rings is 6. The molecule has 49 heavy (non-hydrogen) atoms. The topological polar surface area (TPSA) is 51.8 Å². The Morgan fingerprint density at radius 3 is 2.22 bits per heavy atom. The molecule has 4 nitrogen and oxygen atoms in total. The molecular weight excluding hydrogens is 619 g/mol. The Bertz CT molecular complexity index is 2770. The van der Waals surface area contributed by atoms with Crippen molar-refractivity contribution in [2.75, 3.05) is 0 Å². The van der Waals surface area contributed by atoms with Crippen LogP contribution in [0.1, 0.15) is 23.9 Å². The highest BCUT2D eigenvalue weighted by Gasteiger charge is 2.24. The molecule has 0 radical (unpaired) electrons. The van der Waals surface area contributed by atoms with Gasteiger partial charge in [-0.3, -0.25) is 0 Å². The minimum absolute atomic E-state index is 0.235. The third kappa shape index (κ3) is 4.61. The lowest BCUT2D eigenvalue weighted by Crippen LogP contribution is -2.13. The van der Waals surface area contributed by atoms with Gasteiger partial charge in [-0.25, -0.2) is 15.0 Å².